The molecule has 30 heavy (non-hydrogen) atoms. The van der Waals surface area contributed by atoms with Gasteiger partial charge in [-0.15, -0.1) is 0 Å². The molecular weight excluding hydrogens is 378 g/mol. The maximum absolute atomic E-state index is 12.8. The quantitative estimate of drug-likeness (QED) is 0.487. The third kappa shape index (κ3) is 7.90. The molecule has 2 amide bonds. The number of hydrogen-bond donors (Lipinski definition) is 0. The number of amides is 2. The van der Waals surface area contributed by atoms with Gasteiger partial charge in [-0.25, -0.2) is 14.5 Å². The van der Waals surface area contributed by atoms with Crippen LogP contribution in [0.15, 0.2) is 60.7 Å². The van der Waals surface area contributed by atoms with Crippen molar-refractivity contribution in [2.24, 2.45) is 17.8 Å². The SMILES string of the molecule is CC(C)CC(CN(C(=O)OCc1ccccc1)C(=O)OCc1ccccc1)C(C)C. The summed E-state index contributed by atoms with van der Waals surface area (Å²) in [6.45, 7) is 8.99. The van der Waals surface area contributed by atoms with Gasteiger partial charge in [0.05, 0.1) is 0 Å². The van der Waals surface area contributed by atoms with Crippen LogP contribution in [0.25, 0.3) is 0 Å². The number of imide groups is 1. The Kier molecular flexibility index (Phi) is 9.39. The maximum atomic E-state index is 12.8. The number of carbonyl (C=O) groups excluding carboxylic acids is 2. The second-order valence-electron chi connectivity index (χ2n) is 8.32. The molecule has 0 aliphatic heterocycles. The highest BCUT2D eigenvalue weighted by Crippen LogP contribution is 2.22. The summed E-state index contributed by atoms with van der Waals surface area (Å²) in [5.74, 6) is 0.942. The van der Waals surface area contributed by atoms with E-state index in [1.54, 1.807) is 0 Å². The molecule has 2 rings (SSSR count). The number of carbonyl (C=O) groups is 2. The molecule has 0 aliphatic rings. The number of nitrogens with zero attached hydrogens (tertiary/aromatic N) is 1. The van der Waals surface area contributed by atoms with Crippen molar-refractivity contribution >= 4 is 12.2 Å². The van der Waals surface area contributed by atoms with Crippen molar-refractivity contribution in [1.82, 2.24) is 4.90 Å². The van der Waals surface area contributed by atoms with Crippen LogP contribution in [0.1, 0.15) is 45.2 Å². The summed E-state index contributed by atoms with van der Waals surface area (Å²) in [5.41, 5.74) is 1.73. The van der Waals surface area contributed by atoms with Crippen molar-refractivity contribution in [3.63, 3.8) is 0 Å². The smallest absolute Gasteiger partial charge is 0.419 e. The van der Waals surface area contributed by atoms with Crippen molar-refractivity contribution in [1.29, 1.82) is 0 Å². The molecule has 0 N–H and O–H groups in total. The van der Waals surface area contributed by atoms with Gasteiger partial charge in [0.25, 0.3) is 0 Å². The molecule has 2 aromatic rings. The van der Waals surface area contributed by atoms with Gasteiger partial charge in [-0.1, -0.05) is 88.4 Å². The second kappa shape index (κ2) is 12.0. The summed E-state index contributed by atoms with van der Waals surface area (Å²) >= 11 is 0. The Balaban J connectivity index is 2.08. The zero-order chi connectivity index (χ0) is 21.9. The van der Waals surface area contributed by atoms with Crippen molar-refractivity contribution in [3.8, 4) is 0 Å². The largest absolute Gasteiger partial charge is 0.444 e. The molecule has 0 radical (unpaired) electrons. The summed E-state index contributed by atoms with van der Waals surface area (Å²) in [4.78, 5) is 26.7. The Morgan fingerprint density at radius 3 is 1.57 bits per heavy atom. The number of ether oxygens (including phenoxy) is 2. The average molecular weight is 412 g/mol. The normalized spacial score (nSPS) is 11.9. The predicted octanol–water partition coefficient (Wildman–Crippen LogP) is 6.28. The van der Waals surface area contributed by atoms with Gasteiger partial charge in [-0.2, -0.15) is 0 Å². The third-order valence-electron chi connectivity index (χ3n) is 4.99. The lowest BCUT2D eigenvalue weighted by Gasteiger charge is -2.28. The van der Waals surface area contributed by atoms with E-state index >= 15 is 0 Å². The fraction of sp³-hybridized carbons (Fsp3) is 0.440. The zero-order valence-corrected chi connectivity index (χ0v) is 18.4. The molecule has 162 valence electrons. The molecule has 0 saturated heterocycles. The number of benzene rings is 2. The molecule has 5 heteroatoms. The number of rotatable bonds is 9. The van der Waals surface area contributed by atoms with Crippen LogP contribution < -0.4 is 0 Å². The van der Waals surface area contributed by atoms with E-state index in [-0.39, 0.29) is 25.7 Å². The van der Waals surface area contributed by atoms with E-state index in [1.165, 1.54) is 0 Å². The van der Waals surface area contributed by atoms with Gasteiger partial charge in [0, 0.05) is 6.54 Å². The minimum absolute atomic E-state index is 0.110. The summed E-state index contributed by atoms with van der Waals surface area (Å²) < 4.78 is 10.9. The monoisotopic (exact) mass is 411 g/mol. The summed E-state index contributed by atoms with van der Waals surface area (Å²) in [6.07, 6.45) is -0.441. The van der Waals surface area contributed by atoms with Crippen LogP contribution in [0.2, 0.25) is 0 Å². The lowest BCUT2D eigenvalue weighted by Crippen LogP contribution is -2.42. The molecule has 5 nitrogen and oxygen atoms in total. The molecule has 0 heterocycles. The first-order chi connectivity index (χ1) is 14.4. The first-order valence-electron chi connectivity index (χ1n) is 10.6. The van der Waals surface area contributed by atoms with Crippen molar-refractivity contribution in [3.05, 3.63) is 71.8 Å². The molecule has 0 aromatic heterocycles. The van der Waals surface area contributed by atoms with Crippen molar-refractivity contribution in [2.75, 3.05) is 6.54 Å². The van der Waals surface area contributed by atoms with Gasteiger partial charge < -0.3 is 9.47 Å². The Morgan fingerprint density at radius 1 is 0.767 bits per heavy atom. The molecule has 0 spiro atoms. The molecule has 1 unspecified atom stereocenters. The lowest BCUT2D eigenvalue weighted by molar-refractivity contribution is 0.0604. The fourth-order valence-corrected chi connectivity index (χ4v) is 3.22. The molecule has 0 fully saturated rings. The predicted molar refractivity (Wildman–Crippen MR) is 118 cm³/mol. The molecule has 1 atom stereocenters. The van der Waals surface area contributed by atoms with E-state index in [1.807, 2.05) is 60.7 Å². The van der Waals surface area contributed by atoms with Crippen LogP contribution in [0.5, 0.6) is 0 Å². The van der Waals surface area contributed by atoms with E-state index in [9.17, 15) is 9.59 Å². The molecule has 0 saturated carbocycles. The van der Waals surface area contributed by atoms with E-state index in [4.69, 9.17) is 9.47 Å². The topological polar surface area (TPSA) is 55.8 Å². The van der Waals surface area contributed by atoms with Gasteiger partial charge in [-0.05, 0) is 35.3 Å². The summed E-state index contributed by atoms with van der Waals surface area (Å²) in [5, 5.41) is 0. The molecular formula is C25H33NO4. The van der Waals surface area contributed by atoms with Gasteiger partial charge in [-0.3, -0.25) is 0 Å². The van der Waals surface area contributed by atoms with E-state index in [0.29, 0.717) is 11.8 Å². The summed E-state index contributed by atoms with van der Waals surface area (Å²) in [7, 11) is 0. The van der Waals surface area contributed by atoms with Crippen LogP contribution >= 0.6 is 0 Å². The maximum Gasteiger partial charge on any atom is 0.419 e. The molecule has 0 aliphatic carbocycles. The highest BCUT2D eigenvalue weighted by molar-refractivity contribution is 5.87. The third-order valence-corrected chi connectivity index (χ3v) is 4.99. The number of hydrogen-bond acceptors (Lipinski definition) is 4. The molecule has 0 bridgehead atoms. The van der Waals surface area contributed by atoms with Crippen LogP contribution in [0, 0.1) is 17.8 Å². The Bertz CT molecular complexity index is 719. The van der Waals surface area contributed by atoms with Gasteiger partial charge >= 0.3 is 12.2 Å². The van der Waals surface area contributed by atoms with Crippen LogP contribution in [0.3, 0.4) is 0 Å². The van der Waals surface area contributed by atoms with Crippen molar-refractivity contribution in [2.45, 2.75) is 47.3 Å². The Morgan fingerprint density at radius 2 is 1.20 bits per heavy atom. The fourth-order valence-electron chi connectivity index (χ4n) is 3.22. The highest BCUT2D eigenvalue weighted by Gasteiger charge is 2.29. The molecule has 2 aromatic carbocycles. The lowest BCUT2D eigenvalue weighted by atomic mass is 9.87. The average Bonchev–Trinajstić information content (AvgIpc) is 2.74. The standard InChI is InChI=1S/C25H33NO4/c1-19(2)15-23(20(3)4)16-26(24(27)29-17-21-11-7-5-8-12-21)25(28)30-18-22-13-9-6-10-14-22/h5-14,19-20,23H,15-18H2,1-4H3. The van der Waals surface area contributed by atoms with Crippen LogP contribution in [-0.2, 0) is 22.7 Å². The zero-order valence-electron chi connectivity index (χ0n) is 18.4. The first-order valence-corrected chi connectivity index (χ1v) is 10.6. The van der Waals surface area contributed by atoms with Crippen LogP contribution in [-0.4, -0.2) is 23.6 Å². The van der Waals surface area contributed by atoms with Crippen molar-refractivity contribution < 1.29 is 19.1 Å². The van der Waals surface area contributed by atoms with Gasteiger partial charge in [0.1, 0.15) is 13.2 Å². The van der Waals surface area contributed by atoms with E-state index in [0.717, 1.165) is 22.4 Å². The van der Waals surface area contributed by atoms with Gasteiger partial charge in [0.15, 0.2) is 0 Å². The Hall–Kier alpha value is -2.82. The van der Waals surface area contributed by atoms with Crippen LogP contribution in [0.4, 0.5) is 9.59 Å². The van der Waals surface area contributed by atoms with E-state index < -0.39 is 12.2 Å². The van der Waals surface area contributed by atoms with Gasteiger partial charge in [0.2, 0.25) is 0 Å². The second-order valence-corrected chi connectivity index (χ2v) is 8.32. The highest BCUT2D eigenvalue weighted by atomic mass is 16.6. The minimum atomic E-state index is -0.675. The Labute approximate surface area is 180 Å². The van der Waals surface area contributed by atoms with E-state index in [2.05, 4.69) is 27.7 Å². The summed E-state index contributed by atoms with van der Waals surface area (Å²) in [6, 6.07) is 18.8. The minimum Gasteiger partial charge on any atom is -0.444 e. The first kappa shape index (κ1) is 23.5.